The third kappa shape index (κ3) is 4.47. The summed E-state index contributed by atoms with van der Waals surface area (Å²) in [7, 11) is 0. The summed E-state index contributed by atoms with van der Waals surface area (Å²) in [4.78, 5) is 17.0. The molecule has 0 atom stereocenters. The molecular weight excluding hydrogens is 508 g/mol. The standard InChI is InChI=1S/C21H15BrF4N6O/c22-14-10-31(9-11-1-5-13(23)6-2-11)30-19(14)28-20(33)16-8-18-27-15(12-3-4-12)7-17(21(24,25)26)32(18)29-16/h1-2,5-8,10,12H,3-4,9H2,(H,28,30,33). The van der Waals surface area contributed by atoms with Crippen LogP contribution < -0.4 is 5.32 Å². The van der Waals surface area contributed by atoms with Crippen molar-refractivity contribution < 1.29 is 22.4 Å². The SMILES string of the molecule is O=C(Nc1nn(Cc2ccc(F)cc2)cc1Br)c1cc2nc(C3CC3)cc(C(F)(F)F)n2n1. The molecule has 7 nitrogen and oxygen atoms in total. The second-order valence-electron chi connectivity index (χ2n) is 7.74. The number of aromatic nitrogens is 5. The second-order valence-corrected chi connectivity index (χ2v) is 8.60. The Hall–Kier alpha value is -3.28. The largest absolute Gasteiger partial charge is 0.433 e. The highest BCUT2D eigenvalue weighted by molar-refractivity contribution is 9.10. The molecule has 0 unspecified atom stereocenters. The minimum absolute atomic E-state index is 0.00399. The highest BCUT2D eigenvalue weighted by atomic mass is 79.9. The van der Waals surface area contributed by atoms with Crippen molar-refractivity contribution in [3.05, 3.63) is 75.5 Å². The molecule has 1 N–H and O–H groups in total. The molecule has 170 valence electrons. The molecular formula is C21H15BrF4N6O. The second kappa shape index (κ2) is 7.94. The first-order valence-electron chi connectivity index (χ1n) is 9.94. The summed E-state index contributed by atoms with van der Waals surface area (Å²) in [5.41, 5.74) is -0.0947. The van der Waals surface area contributed by atoms with Gasteiger partial charge in [0.1, 0.15) is 11.5 Å². The Morgan fingerprint density at radius 1 is 1.15 bits per heavy atom. The summed E-state index contributed by atoms with van der Waals surface area (Å²) in [6.07, 6.45) is -1.45. The van der Waals surface area contributed by atoms with E-state index in [-0.39, 0.29) is 28.9 Å². The quantitative estimate of drug-likeness (QED) is 0.373. The summed E-state index contributed by atoms with van der Waals surface area (Å²) in [6, 6.07) is 8.10. The van der Waals surface area contributed by atoms with E-state index in [1.807, 2.05) is 0 Å². The summed E-state index contributed by atoms with van der Waals surface area (Å²) < 4.78 is 56.4. The number of carbonyl (C=O) groups is 1. The molecule has 1 aliphatic carbocycles. The average Bonchev–Trinajstić information content (AvgIpc) is 3.42. The van der Waals surface area contributed by atoms with Gasteiger partial charge in [-0.25, -0.2) is 13.9 Å². The van der Waals surface area contributed by atoms with Crippen molar-refractivity contribution in [2.75, 3.05) is 5.32 Å². The van der Waals surface area contributed by atoms with Gasteiger partial charge in [-0.1, -0.05) is 12.1 Å². The lowest BCUT2D eigenvalue weighted by molar-refractivity contribution is -0.142. The number of halogens is 5. The maximum absolute atomic E-state index is 13.6. The Morgan fingerprint density at radius 2 is 1.88 bits per heavy atom. The number of alkyl halides is 3. The molecule has 1 saturated carbocycles. The number of carbonyl (C=O) groups excluding carboxylic acids is 1. The van der Waals surface area contributed by atoms with Crippen molar-refractivity contribution in [3.8, 4) is 0 Å². The Labute approximate surface area is 192 Å². The summed E-state index contributed by atoms with van der Waals surface area (Å²) in [5, 5.41) is 10.7. The predicted octanol–water partition coefficient (Wildman–Crippen LogP) is 5.02. The molecule has 0 spiro atoms. The van der Waals surface area contributed by atoms with E-state index in [9.17, 15) is 22.4 Å². The Kier molecular flexibility index (Phi) is 5.19. The number of rotatable bonds is 5. The van der Waals surface area contributed by atoms with E-state index in [1.165, 1.54) is 22.9 Å². The van der Waals surface area contributed by atoms with Gasteiger partial charge in [0.2, 0.25) is 0 Å². The molecule has 5 rings (SSSR count). The number of hydrogen-bond acceptors (Lipinski definition) is 4. The molecule has 0 radical (unpaired) electrons. The van der Waals surface area contributed by atoms with Crippen molar-refractivity contribution >= 4 is 33.3 Å². The van der Waals surface area contributed by atoms with Crippen LogP contribution >= 0.6 is 15.9 Å². The van der Waals surface area contributed by atoms with Crippen LogP contribution in [0.5, 0.6) is 0 Å². The van der Waals surface area contributed by atoms with Crippen molar-refractivity contribution in [1.29, 1.82) is 0 Å². The maximum Gasteiger partial charge on any atom is 0.433 e. The number of amides is 1. The molecule has 1 aromatic carbocycles. The zero-order valence-electron chi connectivity index (χ0n) is 16.8. The first kappa shape index (κ1) is 21.6. The van der Waals surface area contributed by atoms with Crippen molar-refractivity contribution in [2.24, 2.45) is 0 Å². The van der Waals surface area contributed by atoms with E-state index in [0.29, 0.717) is 21.2 Å². The molecule has 3 heterocycles. The first-order chi connectivity index (χ1) is 15.7. The molecule has 3 aromatic heterocycles. The average molecular weight is 523 g/mol. The predicted molar refractivity (Wildman–Crippen MR) is 113 cm³/mol. The highest BCUT2D eigenvalue weighted by Crippen LogP contribution is 2.41. The van der Waals surface area contributed by atoms with Crippen LogP contribution in [0.4, 0.5) is 23.4 Å². The van der Waals surface area contributed by atoms with E-state index in [2.05, 4.69) is 36.4 Å². The van der Waals surface area contributed by atoms with Crippen molar-refractivity contribution in [3.63, 3.8) is 0 Å². The van der Waals surface area contributed by atoms with Gasteiger partial charge in [-0.05, 0) is 52.5 Å². The highest BCUT2D eigenvalue weighted by Gasteiger charge is 2.37. The lowest BCUT2D eigenvalue weighted by atomic mass is 10.2. The van der Waals surface area contributed by atoms with Gasteiger partial charge in [0.25, 0.3) is 5.91 Å². The van der Waals surface area contributed by atoms with Gasteiger partial charge in [-0.3, -0.25) is 9.48 Å². The van der Waals surface area contributed by atoms with Crippen LogP contribution in [0.2, 0.25) is 0 Å². The molecule has 12 heteroatoms. The minimum Gasteiger partial charge on any atom is -0.303 e. The normalized spacial score (nSPS) is 14.1. The third-order valence-corrected chi connectivity index (χ3v) is 5.75. The number of anilines is 1. The maximum atomic E-state index is 13.6. The molecule has 1 fully saturated rings. The fourth-order valence-corrected chi connectivity index (χ4v) is 3.82. The van der Waals surface area contributed by atoms with Crippen LogP contribution in [-0.4, -0.2) is 30.3 Å². The lowest BCUT2D eigenvalue weighted by Crippen LogP contribution is -2.16. The van der Waals surface area contributed by atoms with E-state index in [0.717, 1.165) is 24.5 Å². The Bertz CT molecular complexity index is 1360. The van der Waals surface area contributed by atoms with Crippen LogP contribution in [0.1, 0.15) is 46.2 Å². The molecule has 0 bridgehead atoms. The van der Waals surface area contributed by atoms with Gasteiger partial charge < -0.3 is 5.32 Å². The monoisotopic (exact) mass is 522 g/mol. The van der Waals surface area contributed by atoms with Crippen molar-refractivity contribution in [1.82, 2.24) is 24.4 Å². The van der Waals surface area contributed by atoms with Crippen molar-refractivity contribution in [2.45, 2.75) is 31.5 Å². The lowest BCUT2D eigenvalue weighted by Gasteiger charge is -2.10. The fourth-order valence-electron chi connectivity index (χ4n) is 3.41. The van der Waals surface area contributed by atoms with Crippen LogP contribution in [-0.2, 0) is 12.7 Å². The third-order valence-electron chi connectivity index (χ3n) is 5.17. The van der Waals surface area contributed by atoms with Crippen LogP contribution in [0.3, 0.4) is 0 Å². The number of nitrogens with one attached hydrogen (secondary N) is 1. The van der Waals surface area contributed by atoms with Gasteiger partial charge in [0.15, 0.2) is 17.2 Å². The summed E-state index contributed by atoms with van der Waals surface area (Å²) >= 11 is 3.30. The fraction of sp³-hybridized carbons (Fsp3) is 0.238. The smallest absolute Gasteiger partial charge is 0.303 e. The van der Waals surface area contributed by atoms with Gasteiger partial charge >= 0.3 is 6.18 Å². The van der Waals surface area contributed by atoms with Crippen LogP contribution in [0, 0.1) is 5.82 Å². The number of hydrogen-bond donors (Lipinski definition) is 1. The van der Waals surface area contributed by atoms with E-state index in [1.54, 1.807) is 18.3 Å². The van der Waals surface area contributed by atoms with Gasteiger partial charge in [-0.15, -0.1) is 0 Å². The summed E-state index contributed by atoms with van der Waals surface area (Å²) in [6.45, 7) is 0.325. The van der Waals surface area contributed by atoms with Crippen LogP contribution in [0.25, 0.3) is 5.65 Å². The first-order valence-corrected chi connectivity index (χ1v) is 10.7. The van der Waals surface area contributed by atoms with E-state index < -0.39 is 17.8 Å². The number of fused-ring (bicyclic) bond motifs is 1. The molecule has 0 saturated heterocycles. The molecule has 1 aliphatic rings. The summed E-state index contributed by atoms with van der Waals surface area (Å²) in [5.74, 6) is -0.909. The Balaban J connectivity index is 1.40. The zero-order chi connectivity index (χ0) is 23.3. The topological polar surface area (TPSA) is 77.1 Å². The van der Waals surface area contributed by atoms with E-state index in [4.69, 9.17) is 0 Å². The van der Waals surface area contributed by atoms with Gasteiger partial charge in [0, 0.05) is 23.9 Å². The minimum atomic E-state index is -4.65. The molecule has 33 heavy (non-hydrogen) atoms. The molecule has 0 aliphatic heterocycles. The number of benzene rings is 1. The zero-order valence-corrected chi connectivity index (χ0v) is 18.4. The van der Waals surface area contributed by atoms with Crippen LogP contribution in [0.15, 0.2) is 47.1 Å². The molecule has 4 aromatic rings. The Morgan fingerprint density at radius 3 is 2.55 bits per heavy atom. The van der Waals surface area contributed by atoms with Gasteiger partial charge in [-0.2, -0.15) is 23.4 Å². The van der Waals surface area contributed by atoms with Gasteiger partial charge in [0.05, 0.1) is 11.0 Å². The number of nitrogens with zero attached hydrogens (tertiary/aromatic N) is 5. The van der Waals surface area contributed by atoms with E-state index >= 15 is 0 Å². The molecule has 1 amide bonds.